The molecule has 2 saturated heterocycles. The predicted molar refractivity (Wildman–Crippen MR) is 131 cm³/mol. The molecule has 1 aromatic heterocycles. The molecule has 3 aliphatic rings. The van der Waals surface area contributed by atoms with Crippen molar-refractivity contribution in [3.63, 3.8) is 0 Å². The molecule has 2 atom stereocenters. The summed E-state index contributed by atoms with van der Waals surface area (Å²) in [5.74, 6) is -1.36. The largest absolute Gasteiger partial charge is 0.353 e. The van der Waals surface area contributed by atoms with Crippen molar-refractivity contribution in [1.29, 1.82) is 5.26 Å². The summed E-state index contributed by atoms with van der Waals surface area (Å²) in [6.07, 6.45) is 1.00. The zero-order valence-corrected chi connectivity index (χ0v) is 20.0. The second kappa shape index (κ2) is 10.2. The van der Waals surface area contributed by atoms with E-state index in [1.54, 1.807) is 16.7 Å². The van der Waals surface area contributed by atoms with Crippen LogP contribution in [0, 0.1) is 11.3 Å². The van der Waals surface area contributed by atoms with Crippen molar-refractivity contribution >= 4 is 23.6 Å². The van der Waals surface area contributed by atoms with Gasteiger partial charge < -0.3 is 19.7 Å². The van der Waals surface area contributed by atoms with E-state index in [0.29, 0.717) is 38.3 Å². The van der Waals surface area contributed by atoms with E-state index in [-0.39, 0.29) is 30.0 Å². The highest BCUT2D eigenvalue weighted by molar-refractivity contribution is 8.03. The molecule has 0 bridgehead atoms. The second-order valence-electron chi connectivity index (χ2n) is 8.87. The number of nitriles is 1. The molecule has 5 rings (SSSR count). The molecule has 8 nitrogen and oxygen atoms in total. The van der Waals surface area contributed by atoms with Gasteiger partial charge in [0.1, 0.15) is 6.04 Å². The van der Waals surface area contributed by atoms with Crippen LogP contribution in [0.5, 0.6) is 0 Å². The van der Waals surface area contributed by atoms with E-state index in [4.69, 9.17) is 14.7 Å². The topological polar surface area (TPSA) is 105 Å². The lowest BCUT2D eigenvalue weighted by Crippen LogP contribution is -2.47. The van der Waals surface area contributed by atoms with Crippen molar-refractivity contribution in [1.82, 2.24) is 15.2 Å². The third-order valence-corrected chi connectivity index (χ3v) is 7.57. The van der Waals surface area contributed by atoms with Crippen molar-refractivity contribution in [2.75, 3.05) is 26.3 Å². The van der Waals surface area contributed by atoms with Crippen molar-refractivity contribution in [2.45, 2.75) is 36.3 Å². The maximum atomic E-state index is 13.4. The number of hydrogen-bond donors (Lipinski definition) is 1. The summed E-state index contributed by atoms with van der Waals surface area (Å²) >= 11 is 1.55. The second-order valence-corrected chi connectivity index (χ2v) is 10.0. The fraction of sp³-hybridized carbons (Fsp3) is 0.385. The molecule has 180 valence electrons. The number of rotatable bonds is 6. The number of likely N-dealkylation sites (tertiary alicyclic amines) is 1. The first-order valence-electron chi connectivity index (χ1n) is 11.7. The molecule has 1 N–H and O–H groups in total. The molecular weight excluding hydrogens is 464 g/mol. The number of hydrogen-bond acceptors (Lipinski definition) is 7. The Bertz CT molecular complexity index is 1170. The summed E-state index contributed by atoms with van der Waals surface area (Å²) in [5, 5.41) is 14.0. The monoisotopic (exact) mass is 490 g/mol. The van der Waals surface area contributed by atoms with Crippen LogP contribution in [0.4, 0.5) is 0 Å². The Labute approximate surface area is 208 Å². The molecule has 0 radical (unpaired) electrons. The quantitative estimate of drug-likeness (QED) is 0.664. The molecule has 0 saturated carbocycles. The van der Waals surface area contributed by atoms with Crippen LogP contribution in [-0.2, 0) is 25.5 Å². The lowest BCUT2D eigenvalue weighted by molar-refractivity contribution is -0.152. The number of nitrogens with zero attached hydrogens (tertiary/aromatic N) is 3. The van der Waals surface area contributed by atoms with Gasteiger partial charge in [0.15, 0.2) is 5.79 Å². The van der Waals surface area contributed by atoms with Gasteiger partial charge in [-0.3, -0.25) is 14.6 Å². The number of nitrogens with one attached hydrogen (secondary N) is 1. The summed E-state index contributed by atoms with van der Waals surface area (Å²) in [5.41, 5.74) is 3.14. The molecule has 2 aromatic rings. The smallest absolute Gasteiger partial charge is 0.243 e. The highest BCUT2D eigenvalue weighted by Gasteiger charge is 2.52. The van der Waals surface area contributed by atoms with E-state index in [2.05, 4.69) is 16.4 Å². The number of aromatic nitrogens is 1. The number of amides is 2. The Balaban J connectivity index is 1.28. The summed E-state index contributed by atoms with van der Waals surface area (Å²) in [4.78, 5) is 32.8. The van der Waals surface area contributed by atoms with Gasteiger partial charge in [-0.1, -0.05) is 36.4 Å². The van der Waals surface area contributed by atoms with Gasteiger partial charge in [-0.15, -0.1) is 11.8 Å². The average molecular weight is 491 g/mol. The molecule has 2 amide bonds. The number of carbonyl (C=O) groups is 2. The number of benzene rings is 1. The van der Waals surface area contributed by atoms with Crippen LogP contribution in [0.2, 0.25) is 0 Å². The maximum absolute atomic E-state index is 13.4. The summed E-state index contributed by atoms with van der Waals surface area (Å²) < 4.78 is 11.7. The van der Waals surface area contributed by atoms with Crippen LogP contribution in [0.25, 0.3) is 11.3 Å². The van der Waals surface area contributed by atoms with Crippen LogP contribution in [0.1, 0.15) is 18.5 Å². The van der Waals surface area contributed by atoms with Crippen molar-refractivity contribution in [3.8, 4) is 17.3 Å². The predicted octanol–water partition coefficient (Wildman–Crippen LogP) is 2.66. The van der Waals surface area contributed by atoms with Crippen LogP contribution in [0.3, 0.4) is 0 Å². The Morgan fingerprint density at radius 2 is 1.97 bits per heavy atom. The molecule has 2 fully saturated rings. The number of thioether (sulfide) groups is 1. The molecule has 3 aliphatic heterocycles. The van der Waals surface area contributed by atoms with Crippen LogP contribution in [0.15, 0.2) is 59.5 Å². The lowest BCUT2D eigenvalue weighted by Gasteiger charge is -2.24. The minimum atomic E-state index is -0.936. The van der Waals surface area contributed by atoms with Crippen LogP contribution >= 0.6 is 11.8 Å². The Morgan fingerprint density at radius 3 is 2.71 bits per heavy atom. The first-order valence-corrected chi connectivity index (χ1v) is 12.6. The average Bonchev–Trinajstić information content (AvgIpc) is 3.64. The Morgan fingerprint density at radius 1 is 1.17 bits per heavy atom. The highest BCUT2D eigenvalue weighted by Crippen LogP contribution is 2.35. The molecule has 1 aromatic carbocycles. The van der Waals surface area contributed by atoms with E-state index in [1.807, 2.05) is 53.9 Å². The zero-order chi connectivity index (χ0) is 24.3. The molecule has 1 spiro atoms. The molecule has 2 unspecified atom stereocenters. The van der Waals surface area contributed by atoms with Crippen molar-refractivity contribution in [3.05, 3.63) is 65.2 Å². The minimum Gasteiger partial charge on any atom is -0.353 e. The van der Waals surface area contributed by atoms with Crippen molar-refractivity contribution in [2.24, 2.45) is 0 Å². The van der Waals surface area contributed by atoms with E-state index >= 15 is 0 Å². The van der Waals surface area contributed by atoms with Gasteiger partial charge in [0.25, 0.3) is 0 Å². The van der Waals surface area contributed by atoms with Gasteiger partial charge in [-0.05, 0) is 24.0 Å². The number of carbonyl (C=O) groups excluding carboxylic acids is 2. The lowest BCUT2D eigenvalue weighted by atomic mass is 10.1. The van der Waals surface area contributed by atoms with Gasteiger partial charge in [0, 0.05) is 29.4 Å². The van der Waals surface area contributed by atoms with Gasteiger partial charge in [-0.25, -0.2) is 0 Å². The van der Waals surface area contributed by atoms with Crippen molar-refractivity contribution < 1.29 is 19.1 Å². The molecule has 0 aliphatic carbocycles. The number of pyridine rings is 1. The van der Waals surface area contributed by atoms with E-state index < -0.39 is 11.8 Å². The fourth-order valence-electron chi connectivity index (χ4n) is 4.69. The maximum Gasteiger partial charge on any atom is 0.243 e. The van der Waals surface area contributed by atoms with Gasteiger partial charge in [-0.2, -0.15) is 5.26 Å². The highest BCUT2D eigenvalue weighted by atomic mass is 32.2. The Hall–Kier alpha value is -3.19. The first-order chi connectivity index (χ1) is 17.0. The molecular formula is C26H26N4O4S. The summed E-state index contributed by atoms with van der Waals surface area (Å²) in [6, 6.07) is 16.9. The first kappa shape index (κ1) is 23.5. The van der Waals surface area contributed by atoms with Crippen LogP contribution in [-0.4, -0.2) is 65.1 Å². The molecule has 35 heavy (non-hydrogen) atoms. The normalized spacial score (nSPS) is 22.7. The third kappa shape index (κ3) is 5.25. The Kier molecular flexibility index (Phi) is 6.86. The summed E-state index contributed by atoms with van der Waals surface area (Å²) in [7, 11) is 0. The molecule has 4 heterocycles. The van der Waals surface area contributed by atoms with Gasteiger partial charge in [0.2, 0.25) is 11.8 Å². The van der Waals surface area contributed by atoms with Crippen LogP contribution < -0.4 is 5.32 Å². The minimum absolute atomic E-state index is 0.0778. The summed E-state index contributed by atoms with van der Waals surface area (Å²) in [6.45, 7) is 1.52. The van der Waals surface area contributed by atoms with Gasteiger partial charge in [0.05, 0.1) is 43.6 Å². The van der Waals surface area contributed by atoms with E-state index in [9.17, 15) is 9.59 Å². The van der Waals surface area contributed by atoms with E-state index in [0.717, 1.165) is 16.8 Å². The van der Waals surface area contributed by atoms with Gasteiger partial charge >= 0.3 is 0 Å². The number of ether oxygens (including phenoxy) is 2. The van der Waals surface area contributed by atoms with E-state index in [1.165, 1.54) is 0 Å². The zero-order valence-electron chi connectivity index (χ0n) is 19.2. The fourth-order valence-corrected chi connectivity index (χ4v) is 5.65. The standard InChI is InChI=1S/C26H26N4O4S/c27-14-18-11-21(35-16-18)15-28-25(32)23-13-26(33-9-10-34-26)17-30(23)24(31)12-20-7-4-8-22(29-20)19-5-2-1-3-6-19/h1-8,16,21,23H,9-13,15,17H2,(H,28,32). The third-order valence-electron chi connectivity index (χ3n) is 6.43. The SMILES string of the molecule is N#CC1=CSC(CNC(=O)C2CC3(CN2C(=O)Cc2cccc(-c4ccccc4)n2)OCCO3)C1. The number of allylic oxidation sites excluding steroid dienone is 1. The molecule has 9 heteroatoms.